The Kier molecular flexibility index (Phi) is 6.50. The van der Waals surface area contributed by atoms with Gasteiger partial charge in [-0.2, -0.15) is 0 Å². The van der Waals surface area contributed by atoms with Gasteiger partial charge in [0, 0.05) is 23.3 Å². The molecule has 0 aliphatic carbocycles. The van der Waals surface area contributed by atoms with Gasteiger partial charge in [0.1, 0.15) is 5.01 Å². The van der Waals surface area contributed by atoms with Gasteiger partial charge in [0.25, 0.3) is 0 Å². The van der Waals surface area contributed by atoms with Gasteiger partial charge in [-0.3, -0.25) is 4.57 Å². The topological polar surface area (TPSA) is 52.8 Å². The molecule has 0 radical (unpaired) electrons. The Labute approximate surface area is 194 Å². The first-order valence-corrected chi connectivity index (χ1v) is 13.3. The van der Waals surface area contributed by atoms with E-state index >= 15 is 0 Å². The number of hydrogen-bond donors (Lipinski definition) is 0. The van der Waals surface area contributed by atoms with Crippen LogP contribution in [0, 0.1) is 0 Å². The van der Waals surface area contributed by atoms with E-state index < -0.39 is 0 Å². The summed E-state index contributed by atoms with van der Waals surface area (Å²) in [6.07, 6.45) is 3.52. The highest BCUT2D eigenvalue weighted by molar-refractivity contribution is 7.98. The molecule has 1 fully saturated rings. The molecule has 8 heteroatoms. The minimum Gasteiger partial charge on any atom is -0.376 e. The molecule has 1 atom stereocenters. The zero-order valence-corrected chi connectivity index (χ0v) is 19.8. The van der Waals surface area contributed by atoms with Crippen LogP contribution in [-0.2, 0) is 23.5 Å². The minimum absolute atomic E-state index is 0.242. The van der Waals surface area contributed by atoms with E-state index in [0.717, 1.165) is 64.7 Å². The molecule has 1 saturated heterocycles. The van der Waals surface area contributed by atoms with Crippen LogP contribution in [0.2, 0.25) is 0 Å². The fraction of sp³-hybridized carbons (Fsp3) is 0.348. The molecule has 5 rings (SSSR count). The lowest BCUT2D eigenvalue weighted by Gasteiger charge is -2.14. The Morgan fingerprint density at radius 1 is 1.16 bits per heavy atom. The van der Waals surface area contributed by atoms with Gasteiger partial charge in [0.2, 0.25) is 0 Å². The van der Waals surface area contributed by atoms with Crippen molar-refractivity contribution in [2.75, 3.05) is 6.61 Å². The molecule has 4 heterocycles. The zero-order chi connectivity index (χ0) is 21.0. The summed E-state index contributed by atoms with van der Waals surface area (Å²) in [7, 11) is 0. The fourth-order valence-corrected chi connectivity index (χ4v) is 6.16. The summed E-state index contributed by atoms with van der Waals surface area (Å²) in [5, 5.41) is 15.3. The fourth-order valence-electron chi connectivity index (χ4n) is 3.67. The van der Waals surface area contributed by atoms with Crippen LogP contribution in [0.1, 0.15) is 31.0 Å². The van der Waals surface area contributed by atoms with Crippen LogP contribution in [0.3, 0.4) is 0 Å². The third-order valence-electron chi connectivity index (χ3n) is 5.38. The van der Waals surface area contributed by atoms with Crippen molar-refractivity contribution in [1.82, 2.24) is 19.7 Å². The molecule has 5 nitrogen and oxygen atoms in total. The first-order valence-electron chi connectivity index (χ1n) is 10.6. The van der Waals surface area contributed by atoms with Gasteiger partial charge < -0.3 is 4.74 Å². The Hall–Kier alpha value is -2.00. The molecule has 1 aliphatic heterocycles. The van der Waals surface area contributed by atoms with Crippen molar-refractivity contribution in [2.24, 2.45) is 0 Å². The van der Waals surface area contributed by atoms with Gasteiger partial charge in [-0.15, -0.1) is 32.9 Å². The van der Waals surface area contributed by atoms with Crippen LogP contribution >= 0.6 is 34.4 Å². The molecule has 1 unspecified atom stereocenters. The van der Waals surface area contributed by atoms with Crippen molar-refractivity contribution >= 4 is 34.4 Å². The van der Waals surface area contributed by atoms with E-state index in [9.17, 15) is 0 Å². The van der Waals surface area contributed by atoms with E-state index in [0.29, 0.717) is 0 Å². The SMILES string of the molecule is CCc1ccc(-c2nc(CSc3nnc(-c4cccs4)n3CC3CCCO3)cs2)cc1. The van der Waals surface area contributed by atoms with Crippen LogP contribution in [0.4, 0.5) is 0 Å². The highest BCUT2D eigenvalue weighted by Gasteiger charge is 2.22. The summed E-state index contributed by atoms with van der Waals surface area (Å²) in [6.45, 7) is 3.83. The second-order valence-corrected chi connectivity index (χ2v) is 10.3. The number of rotatable bonds is 8. The van der Waals surface area contributed by atoms with Crippen LogP contribution in [-0.4, -0.2) is 32.5 Å². The summed E-state index contributed by atoms with van der Waals surface area (Å²) in [5.41, 5.74) is 3.61. The molecule has 0 saturated carbocycles. The number of ether oxygens (including phenoxy) is 1. The maximum absolute atomic E-state index is 5.89. The lowest BCUT2D eigenvalue weighted by Crippen LogP contribution is -2.16. The molecule has 1 aromatic carbocycles. The lowest BCUT2D eigenvalue weighted by molar-refractivity contribution is 0.0953. The van der Waals surface area contributed by atoms with Gasteiger partial charge in [-0.1, -0.05) is 49.0 Å². The first-order chi connectivity index (χ1) is 15.3. The van der Waals surface area contributed by atoms with E-state index in [-0.39, 0.29) is 6.10 Å². The van der Waals surface area contributed by atoms with E-state index in [1.54, 1.807) is 34.4 Å². The maximum Gasteiger partial charge on any atom is 0.191 e. The standard InChI is InChI=1S/C23H24N4OS3/c1-2-16-7-9-17(10-8-16)22-24-18(14-30-22)15-31-23-26-25-21(20-6-4-12-29-20)27(23)13-19-5-3-11-28-19/h4,6-10,12,14,19H,2-3,5,11,13,15H2,1H3. The van der Waals surface area contributed by atoms with E-state index in [4.69, 9.17) is 9.72 Å². The van der Waals surface area contributed by atoms with Crippen molar-refractivity contribution < 1.29 is 4.74 Å². The number of thiazole rings is 1. The first kappa shape index (κ1) is 20.9. The van der Waals surface area contributed by atoms with Gasteiger partial charge in [0.15, 0.2) is 11.0 Å². The number of benzene rings is 1. The van der Waals surface area contributed by atoms with Gasteiger partial charge in [0.05, 0.1) is 23.2 Å². The van der Waals surface area contributed by atoms with E-state index in [2.05, 4.69) is 68.8 Å². The smallest absolute Gasteiger partial charge is 0.191 e. The lowest BCUT2D eigenvalue weighted by atomic mass is 10.1. The van der Waals surface area contributed by atoms with Crippen molar-refractivity contribution in [2.45, 2.75) is 49.7 Å². The summed E-state index contributed by atoms with van der Waals surface area (Å²) in [5.74, 6) is 1.71. The van der Waals surface area contributed by atoms with E-state index in [1.165, 1.54) is 11.1 Å². The molecular formula is C23H24N4OS3. The molecular weight excluding hydrogens is 444 g/mol. The Morgan fingerprint density at radius 2 is 2.06 bits per heavy atom. The van der Waals surface area contributed by atoms with Crippen molar-refractivity contribution in [3.63, 3.8) is 0 Å². The maximum atomic E-state index is 5.89. The molecule has 0 N–H and O–H groups in total. The summed E-state index contributed by atoms with van der Waals surface area (Å²) in [4.78, 5) is 6.00. The minimum atomic E-state index is 0.242. The molecule has 1 aliphatic rings. The van der Waals surface area contributed by atoms with Gasteiger partial charge in [-0.05, 0) is 36.3 Å². The van der Waals surface area contributed by atoms with Crippen molar-refractivity contribution in [3.8, 4) is 21.3 Å². The van der Waals surface area contributed by atoms with Gasteiger partial charge in [-0.25, -0.2) is 4.98 Å². The highest BCUT2D eigenvalue weighted by Crippen LogP contribution is 2.32. The quantitative estimate of drug-likeness (QED) is 0.290. The van der Waals surface area contributed by atoms with Crippen LogP contribution in [0.5, 0.6) is 0 Å². The van der Waals surface area contributed by atoms with E-state index in [1.807, 2.05) is 0 Å². The summed E-state index contributed by atoms with van der Waals surface area (Å²) >= 11 is 5.09. The number of hydrogen-bond acceptors (Lipinski definition) is 7. The predicted octanol–water partition coefficient (Wildman–Crippen LogP) is 6.16. The number of aromatic nitrogens is 4. The summed E-state index contributed by atoms with van der Waals surface area (Å²) < 4.78 is 8.12. The molecule has 0 bridgehead atoms. The largest absolute Gasteiger partial charge is 0.376 e. The zero-order valence-electron chi connectivity index (χ0n) is 17.4. The molecule has 0 spiro atoms. The number of aryl methyl sites for hydroxylation is 1. The molecule has 160 valence electrons. The van der Waals surface area contributed by atoms with Crippen molar-refractivity contribution in [3.05, 3.63) is 58.4 Å². The Bertz CT molecular complexity index is 1110. The molecule has 4 aromatic rings. The highest BCUT2D eigenvalue weighted by atomic mass is 32.2. The Morgan fingerprint density at radius 3 is 2.81 bits per heavy atom. The van der Waals surface area contributed by atoms with Crippen molar-refractivity contribution in [1.29, 1.82) is 0 Å². The number of thioether (sulfide) groups is 1. The average molecular weight is 469 g/mol. The third kappa shape index (κ3) is 4.77. The number of nitrogens with zero attached hydrogens (tertiary/aromatic N) is 4. The molecule has 31 heavy (non-hydrogen) atoms. The molecule has 0 amide bonds. The number of thiophene rings is 1. The average Bonchev–Trinajstić information content (AvgIpc) is 3.61. The third-order valence-corrected chi connectivity index (χ3v) is 8.18. The van der Waals surface area contributed by atoms with Crippen LogP contribution < -0.4 is 0 Å². The Balaban J connectivity index is 1.32. The second-order valence-electron chi connectivity index (χ2n) is 7.51. The normalized spacial score (nSPS) is 16.2. The van der Waals surface area contributed by atoms with Crippen LogP contribution in [0.15, 0.2) is 52.3 Å². The monoisotopic (exact) mass is 468 g/mol. The predicted molar refractivity (Wildman–Crippen MR) is 129 cm³/mol. The molecule has 3 aromatic heterocycles. The second kappa shape index (κ2) is 9.65. The van der Waals surface area contributed by atoms with Crippen LogP contribution in [0.25, 0.3) is 21.3 Å². The van der Waals surface area contributed by atoms with Gasteiger partial charge >= 0.3 is 0 Å². The summed E-state index contributed by atoms with van der Waals surface area (Å²) in [6, 6.07) is 12.9.